The molecule has 136 valence electrons. The highest BCUT2D eigenvalue weighted by Crippen LogP contribution is 2.21. The summed E-state index contributed by atoms with van der Waals surface area (Å²) in [5.74, 6) is 2.13. The number of anilines is 1. The molecule has 0 radical (unpaired) electrons. The van der Waals surface area contributed by atoms with Crippen LogP contribution in [0.2, 0.25) is 0 Å². The van der Waals surface area contributed by atoms with Gasteiger partial charge in [0.2, 0.25) is 0 Å². The molecular weight excluding hydrogens is 339 g/mol. The number of rotatable bonds is 3. The molecule has 1 aromatic carbocycles. The highest BCUT2D eigenvalue weighted by Gasteiger charge is 2.26. The van der Waals surface area contributed by atoms with Crippen LogP contribution in [0, 0.1) is 5.82 Å². The molecule has 0 saturated carbocycles. The van der Waals surface area contributed by atoms with Crippen LogP contribution < -0.4 is 20.9 Å². The highest BCUT2D eigenvalue weighted by molar-refractivity contribution is 5.95. The Bertz CT molecular complexity index is 807. The summed E-state index contributed by atoms with van der Waals surface area (Å²) in [5.41, 5.74) is 0.918. The maximum absolute atomic E-state index is 14.4. The number of hydrogen-bond acceptors (Lipinski definition) is 6. The molecule has 2 fully saturated rings. The fraction of sp³-hybridized carbons (Fsp3) is 0.389. The first kappa shape index (κ1) is 17.9. The minimum atomic E-state index is -0.649. The van der Waals surface area contributed by atoms with Crippen molar-refractivity contribution in [3.8, 4) is 0 Å². The summed E-state index contributed by atoms with van der Waals surface area (Å²) in [5, 5.41) is 8.43. The lowest BCUT2D eigenvalue weighted by Gasteiger charge is -2.29. The van der Waals surface area contributed by atoms with E-state index >= 15 is 0 Å². The lowest BCUT2D eigenvalue weighted by Crippen LogP contribution is -2.44. The lowest BCUT2D eigenvalue weighted by atomic mass is 10.0. The molecule has 0 bridgehead atoms. The van der Waals surface area contributed by atoms with Crippen LogP contribution >= 0.6 is 0 Å². The quantitative estimate of drug-likeness (QED) is 0.667. The van der Waals surface area contributed by atoms with Gasteiger partial charge in [-0.05, 0) is 24.6 Å². The van der Waals surface area contributed by atoms with Gasteiger partial charge < -0.3 is 20.9 Å². The van der Waals surface area contributed by atoms with Gasteiger partial charge in [0.05, 0.1) is 11.6 Å². The van der Waals surface area contributed by atoms with Crippen molar-refractivity contribution < 1.29 is 18.8 Å². The average Bonchev–Trinajstić information content (AvgIpc) is 2.68. The van der Waals surface area contributed by atoms with E-state index in [0.29, 0.717) is 12.8 Å². The van der Waals surface area contributed by atoms with Gasteiger partial charge in [0, 0.05) is 38.3 Å². The number of benzene rings is 1. The van der Waals surface area contributed by atoms with Crippen molar-refractivity contribution in [2.45, 2.75) is 18.9 Å². The Labute approximate surface area is 149 Å². The minimum Gasteiger partial charge on any atom is -0.369 e. The molecule has 1 atom stereocenters. The van der Waals surface area contributed by atoms with Crippen molar-refractivity contribution in [3.63, 3.8) is 0 Å². The molecule has 26 heavy (non-hydrogen) atoms. The first-order valence-corrected chi connectivity index (χ1v) is 8.44. The fourth-order valence-electron chi connectivity index (χ4n) is 3.11. The van der Waals surface area contributed by atoms with E-state index in [1.807, 2.05) is 4.90 Å². The number of nitrogens with one attached hydrogen (secondary N) is 3. The largest absolute Gasteiger partial charge is 0.369 e. The lowest BCUT2D eigenvalue weighted by molar-refractivity contribution is 0.0935. The minimum absolute atomic E-state index is 0.0424. The van der Waals surface area contributed by atoms with Crippen LogP contribution in [0.15, 0.2) is 29.6 Å². The average molecular weight is 358 g/mol. The zero-order valence-corrected chi connectivity index (χ0v) is 14.1. The maximum atomic E-state index is 14.4. The van der Waals surface area contributed by atoms with Gasteiger partial charge in [0.15, 0.2) is 0 Å². The first-order valence-electron chi connectivity index (χ1n) is 8.44. The van der Waals surface area contributed by atoms with Crippen LogP contribution in [0.3, 0.4) is 0 Å². The van der Waals surface area contributed by atoms with Crippen LogP contribution in [-0.2, 0) is 9.59 Å². The normalized spacial score (nSPS) is 20.0. The smallest absolute Gasteiger partial charge is 0.254 e. The van der Waals surface area contributed by atoms with Crippen molar-refractivity contribution in [2.75, 3.05) is 31.1 Å². The maximum Gasteiger partial charge on any atom is 0.254 e. The molecule has 0 unspecified atom stereocenters. The predicted molar refractivity (Wildman–Crippen MR) is 93.5 cm³/mol. The Morgan fingerprint density at radius 2 is 2.00 bits per heavy atom. The standard InChI is InChI=1S/C18H19FN4O3/c19-15-9-13(23-7-5-20-6-8-23)2-3-14(15)18(26)22-16-4-1-12(10-24)21-17(16)11-25/h2-3,9,16,20-21H,1,4-8H2,(H,22,26)/t16-/m0/s1. The molecular formula is C18H19FN4O3. The number of carbonyl (C=O) groups is 1. The third kappa shape index (κ3) is 3.83. The number of piperazine rings is 1. The van der Waals surface area contributed by atoms with E-state index in [-0.39, 0.29) is 17.0 Å². The Balaban J connectivity index is 1.71. The molecule has 3 rings (SSSR count). The summed E-state index contributed by atoms with van der Waals surface area (Å²) in [7, 11) is 0. The van der Waals surface area contributed by atoms with Gasteiger partial charge in [-0.2, -0.15) is 0 Å². The Morgan fingerprint density at radius 3 is 2.65 bits per heavy atom. The third-order valence-electron chi connectivity index (χ3n) is 4.53. The van der Waals surface area contributed by atoms with E-state index in [9.17, 15) is 18.8 Å². The summed E-state index contributed by atoms with van der Waals surface area (Å²) in [4.78, 5) is 36.2. The summed E-state index contributed by atoms with van der Waals surface area (Å²) in [6, 6.07) is 3.86. The number of allylic oxidation sites excluding steroid dienone is 1. The van der Waals surface area contributed by atoms with Crippen LogP contribution in [-0.4, -0.2) is 50.0 Å². The summed E-state index contributed by atoms with van der Waals surface area (Å²) < 4.78 is 14.4. The van der Waals surface area contributed by atoms with Gasteiger partial charge in [-0.15, -0.1) is 0 Å². The van der Waals surface area contributed by atoms with Crippen LogP contribution in [0.25, 0.3) is 0 Å². The molecule has 2 aliphatic rings. The second-order valence-electron chi connectivity index (χ2n) is 6.19. The summed E-state index contributed by atoms with van der Waals surface area (Å²) in [6.45, 7) is 3.21. The van der Waals surface area contributed by atoms with Gasteiger partial charge >= 0.3 is 0 Å². The van der Waals surface area contributed by atoms with E-state index in [1.165, 1.54) is 12.1 Å². The molecule has 2 saturated heterocycles. The SMILES string of the molecule is O=C=C1CC[C@H](NC(=O)c2ccc(N3CCNCC3)cc2F)C(=C=O)N1. The number of hydrogen-bond donors (Lipinski definition) is 3. The van der Waals surface area contributed by atoms with E-state index in [1.54, 1.807) is 17.9 Å². The van der Waals surface area contributed by atoms with E-state index in [4.69, 9.17) is 0 Å². The van der Waals surface area contributed by atoms with Gasteiger partial charge in [0.1, 0.15) is 29.1 Å². The van der Waals surface area contributed by atoms with Crippen molar-refractivity contribution in [1.29, 1.82) is 0 Å². The fourth-order valence-corrected chi connectivity index (χ4v) is 3.11. The van der Waals surface area contributed by atoms with Gasteiger partial charge in [-0.3, -0.25) is 4.79 Å². The first-order chi connectivity index (χ1) is 12.6. The molecule has 0 aliphatic carbocycles. The number of piperidine rings is 1. The van der Waals surface area contributed by atoms with Crippen LogP contribution in [0.5, 0.6) is 0 Å². The molecule has 1 aromatic rings. The van der Waals surface area contributed by atoms with E-state index < -0.39 is 17.8 Å². The zero-order valence-electron chi connectivity index (χ0n) is 14.1. The zero-order chi connectivity index (χ0) is 18.5. The van der Waals surface area contributed by atoms with Crippen LogP contribution in [0.1, 0.15) is 23.2 Å². The molecule has 2 aliphatic heterocycles. The Hall–Kier alpha value is -2.92. The van der Waals surface area contributed by atoms with Crippen molar-refractivity contribution in [1.82, 2.24) is 16.0 Å². The highest BCUT2D eigenvalue weighted by atomic mass is 19.1. The summed E-state index contributed by atoms with van der Waals surface area (Å²) >= 11 is 0. The van der Waals surface area contributed by atoms with Gasteiger partial charge in [0.25, 0.3) is 5.91 Å². The summed E-state index contributed by atoms with van der Waals surface area (Å²) in [6.07, 6.45) is 0.679. The molecule has 0 aromatic heterocycles. The van der Waals surface area contributed by atoms with Crippen LogP contribution in [0.4, 0.5) is 10.1 Å². The third-order valence-corrected chi connectivity index (χ3v) is 4.53. The molecule has 8 heteroatoms. The predicted octanol–water partition coefficient (Wildman–Crippen LogP) is 0.148. The van der Waals surface area contributed by atoms with Crippen molar-refractivity contribution in [2.24, 2.45) is 0 Å². The van der Waals surface area contributed by atoms with E-state index in [2.05, 4.69) is 16.0 Å². The van der Waals surface area contributed by atoms with E-state index in [0.717, 1.165) is 31.9 Å². The molecule has 3 N–H and O–H groups in total. The van der Waals surface area contributed by atoms with Gasteiger partial charge in [-0.25, -0.2) is 14.0 Å². The second-order valence-corrected chi connectivity index (χ2v) is 6.19. The number of halogens is 1. The van der Waals surface area contributed by atoms with Crippen molar-refractivity contribution >= 4 is 23.5 Å². The molecule has 7 nitrogen and oxygen atoms in total. The molecule has 1 amide bonds. The Kier molecular flexibility index (Phi) is 5.49. The molecule has 0 spiro atoms. The second kappa shape index (κ2) is 7.97. The Morgan fingerprint density at radius 1 is 1.23 bits per heavy atom. The van der Waals surface area contributed by atoms with Gasteiger partial charge in [-0.1, -0.05) is 0 Å². The number of nitrogens with zero attached hydrogens (tertiary/aromatic N) is 1. The monoisotopic (exact) mass is 358 g/mol. The number of amides is 1. The topological polar surface area (TPSA) is 90.5 Å². The van der Waals surface area contributed by atoms with Crippen molar-refractivity contribution in [3.05, 3.63) is 41.0 Å². The molecule has 2 heterocycles. The number of carbonyl (C=O) groups excluding carboxylic acids is 3.